The first-order chi connectivity index (χ1) is 9.56. The molecule has 2 heteroatoms. The molecule has 0 amide bonds. The van der Waals surface area contributed by atoms with E-state index in [-0.39, 0.29) is 12.1 Å². The Labute approximate surface area is 123 Å². The number of anilines is 1. The van der Waals surface area contributed by atoms with Crippen molar-refractivity contribution in [2.75, 3.05) is 11.9 Å². The molecule has 1 aromatic rings. The molecule has 112 valence electrons. The molecule has 1 aliphatic rings. The lowest BCUT2D eigenvalue weighted by atomic mass is 9.86. The first-order valence-corrected chi connectivity index (χ1v) is 8.01. The van der Waals surface area contributed by atoms with Crippen molar-refractivity contribution in [3.05, 3.63) is 29.8 Å². The molecule has 1 saturated carbocycles. The van der Waals surface area contributed by atoms with Gasteiger partial charge in [0.25, 0.3) is 0 Å². The number of hydrogen-bond acceptors (Lipinski definition) is 2. The van der Waals surface area contributed by atoms with Crippen LogP contribution in [0.2, 0.25) is 0 Å². The van der Waals surface area contributed by atoms with E-state index in [0.29, 0.717) is 0 Å². The molecule has 2 nitrogen and oxygen atoms in total. The molecule has 0 spiro atoms. The van der Waals surface area contributed by atoms with Crippen molar-refractivity contribution >= 4 is 5.69 Å². The SMILES string of the molecule is Cc1ccccc1NC1(CO)CCCC(C(C)C)CC1. The number of para-hydroxylation sites is 1. The van der Waals surface area contributed by atoms with E-state index < -0.39 is 0 Å². The fourth-order valence-corrected chi connectivity index (χ4v) is 3.42. The summed E-state index contributed by atoms with van der Waals surface area (Å²) in [6.45, 7) is 7.00. The van der Waals surface area contributed by atoms with Crippen molar-refractivity contribution in [1.29, 1.82) is 0 Å². The number of rotatable bonds is 4. The Kier molecular flexibility index (Phi) is 5.09. The third kappa shape index (κ3) is 3.54. The molecule has 1 aliphatic carbocycles. The molecule has 0 aromatic heterocycles. The van der Waals surface area contributed by atoms with E-state index >= 15 is 0 Å². The first-order valence-electron chi connectivity index (χ1n) is 8.01. The topological polar surface area (TPSA) is 32.3 Å². The van der Waals surface area contributed by atoms with E-state index in [0.717, 1.165) is 24.7 Å². The second-order valence-electron chi connectivity index (χ2n) is 6.81. The largest absolute Gasteiger partial charge is 0.394 e. The van der Waals surface area contributed by atoms with Crippen molar-refractivity contribution in [2.45, 2.75) is 58.4 Å². The Balaban J connectivity index is 2.12. The van der Waals surface area contributed by atoms with Gasteiger partial charge in [0, 0.05) is 5.69 Å². The van der Waals surface area contributed by atoms with Crippen LogP contribution in [0, 0.1) is 18.8 Å². The van der Waals surface area contributed by atoms with E-state index in [1.54, 1.807) is 0 Å². The van der Waals surface area contributed by atoms with Crippen LogP contribution in [0.25, 0.3) is 0 Å². The number of aliphatic hydroxyl groups excluding tert-OH is 1. The lowest BCUT2D eigenvalue weighted by Gasteiger charge is -2.34. The molecule has 0 bridgehead atoms. The minimum atomic E-state index is -0.129. The van der Waals surface area contributed by atoms with Gasteiger partial charge in [-0.05, 0) is 49.7 Å². The molecule has 0 heterocycles. The molecule has 1 aromatic carbocycles. The highest BCUT2D eigenvalue weighted by atomic mass is 16.3. The monoisotopic (exact) mass is 275 g/mol. The quantitative estimate of drug-likeness (QED) is 0.800. The predicted molar refractivity (Wildman–Crippen MR) is 86.0 cm³/mol. The van der Waals surface area contributed by atoms with Crippen LogP contribution in [0.3, 0.4) is 0 Å². The fourth-order valence-electron chi connectivity index (χ4n) is 3.42. The maximum absolute atomic E-state index is 9.98. The smallest absolute Gasteiger partial charge is 0.0661 e. The van der Waals surface area contributed by atoms with E-state index in [1.165, 1.54) is 30.5 Å². The maximum Gasteiger partial charge on any atom is 0.0661 e. The molecule has 2 atom stereocenters. The second-order valence-corrected chi connectivity index (χ2v) is 6.81. The van der Waals surface area contributed by atoms with E-state index in [4.69, 9.17) is 0 Å². The van der Waals surface area contributed by atoms with Crippen LogP contribution in [0.5, 0.6) is 0 Å². The first kappa shape index (κ1) is 15.4. The normalized spacial score (nSPS) is 27.4. The van der Waals surface area contributed by atoms with E-state index in [9.17, 15) is 5.11 Å². The number of aryl methyl sites for hydroxylation is 1. The average molecular weight is 275 g/mol. The molecule has 2 N–H and O–H groups in total. The van der Waals surface area contributed by atoms with Crippen LogP contribution in [0.4, 0.5) is 5.69 Å². The summed E-state index contributed by atoms with van der Waals surface area (Å²) in [6.07, 6.45) is 5.87. The standard InChI is InChI=1S/C18H29NO/c1-14(2)16-8-6-11-18(13-20,12-10-16)19-17-9-5-4-7-15(17)3/h4-5,7,9,14,16,19-20H,6,8,10-13H2,1-3H3. The predicted octanol–water partition coefficient (Wildman–Crippen LogP) is 4.37. The Bertz CT molecular complexity index is 429. The molecule has 2 unspecified atom stereocenters. The van der Waals surface area contributed by atoms with Crippen LogP contribution < -0.4 is 5.32 Å². The third-order valence-corrected chi connectivity index (χ3v) is 5.01. The van der Waals surface area contributed by atoms with Crippen molar-refractivity contribution in [3.63, 3.8) is 0 Å². The molecule has 2 rings (SSSR count). The molecular weight excluding hydrogens is 246 g/mol. The highest BCUT2D eigenvalue weighted by Gasteiger charge is 2.33. The van der Waals surface area contributed by atoms with Gasteiger partial charge in [0.1, 0.15) is 0 Å². The van der Waals surface area contributed by atoms with Gasteiger partial charge in [0.05, 0.1) is 12.1 Å². The van der Waals surface area contributed by atoms with Gasteiger partial charge in [-0.25, -0.2) is 0 Å². The Morgan fingerprint density at radius 3 is 2.65 bits per heavy atom. The Morgan fingerprint density at radius 2 is 2.00 bits per heavy atom. The molecule has 0 saturated heterocycles. The number of benzene rings is 1. The fraction of sp³-hybridized carbons (Fsp3) is 0.667. The lowest BCUT2D eigenvalue weighted by Crippen LogP contribution is -2.42. The number of aliphatic hydroxyl groups is 1. The number of nitrogens with one attached hydrogen (secondary N) is 1. The van der Waals surface area contributed by atoms with Gasteiger partial charge < -0.3 is 10.4 Å². The summed E-state index contributed by atoms with van der Waals surface area (Å²) in [5.41, 5.74) is 2.30. The minimum Gasteiger partial charge on any atom is -0.394 e. The van der Waals surface area contributed by atoms with E-state index in [1.807, 2.05) is 0 Å². The zero-order chi connectivity index (χ0) is 14.6. The van der Waals surface area contributed by atoms with Crippen LogP contribution in [0.1, 0.15) is 51.5 Å². The summed E-state index contributed by atoms with van der Waals surface area (Å²) < 4.78 is 0. The zero-order valence-electron chi connectivity index (χ0n) is 13.2. The van der Waals surface area contributed by atoms with Gasteiger partial charge in [-0.15, -0.1) is 0 Å². The van der Waals surface area contributed by atoms with Gasteiger partial charge in [-0.2, -0.15) is 0 Å². The second kappa shape index (κ2) is 6.62. The van der Waals surface area contributed by atoms with Crippen molar-refractivity contribution in [2.24, 2.45) is 11.8 Å². The zero-order valence-corrected chi connectivity index (χ0v) is 13.2. The average Bonchev–Trinajstić information content (AvgIpc) is 2.65. The van der Waals surface area contributed by atoms with Gasteiger partial charge >= 0.3 is 0 Å². The Hall–Kier alpha value is -1.02. The summed E-state index contributed by atoms with van der Waals surface area (Å²) >= 11 is 0. The molecule has 20 heavy (non-hydrogen) atoms. The highest BCUT2D eigenvalue weighted by molar-refractivity contribution is 5.52. The summed E-state index contributed by atoms with van der Waals surface area (Å²) in [7, 11) is 0. The Morgan fingerprint density at radius 1 is 1.25 bits per heavy atom. The van der Waals surface area contributed by atoms with Gasteiger partial charge in [0.2, 0.25) is 0 Å². The van der Waals surface area contributed by atoms with Crippen LogP contribution in [0.15, 0.2) is 24.3 Å². The molecule has 1 fully saturated rings. The van der Waals surface area contributed by atoms with Gasteiger partial charge in [0.15, 0.2) is 0 Å². The van der Waals surface area contributed by atoms with Crippen LogP contribution in [-0.2, 0) is 0 Å². The summed E-state index contributed by atoms with van der Waals surface area (Å²) in [5, 5.41) is 13.6. The van der Waals surface area contributed by atoms with Crippen molar-refractivity contribution < 1.29 is 5.11 Å². The van der Waals surface area contributed by atoms with Gasteiger partial charge in [-0.3, -0.25) is 0 Å². The minimum absolute atomic E-state index is 0.129. The van der Waals surface area contributed by atoms with Crippen LogP contribution in [-0.4, -0.2) is 17.3 Å². The van der Waals surface area contributed by atoms with Crippen molar-refractivity contribution in [3.8, 4) is 0 Å². The molecular formula is C18H29NO. The summed E-state index contributed by atoms with van der Waals surface area (Å²) in [4.78, 5) is 0. The summed E-state index contributed by atoms with van der Waals surface area (Å²) in [6, 6.07) is 8.38. The molecule has 0 aliphatic heterocycles. The summed E-state index contributed by atoms with van der Waals surface area (Å²) in [5.74, 6) is 1.56. The maximum atomic E-state index is 9.98. The highest BCUT2D eigenvalue weighted by Crippen LogP contribution is 2.36. The van der Waals surface area contributed by atoms with Crippen molar-refractivity contribution in [1.82, 2.24) is 0 Å². The van der Waals surface area contributed by atoms with Crippen LogP contribution >= 0.6 is 0 Å². The third-order valence-electron chi connectivity index (χ3n) is 5.01. The van der Waals surface area contributed by atoms with Gasteiger partial charge in [-0.1, -0.05) is 44.9 Å². The lowest BCUT2D eigenvalue weighted by molar-refractivity contribution is 0.193. The van der Waals surface area contributed by atoms with E-state index in [2.05, 4.69) is 50.4 Å². The number of hydrogen-bond donors (Lipinski definition) is 2. The molecule has 0 radical (unpaired) electrons.